The van der Waals surface area contributed by atoms with Gasteiger partial charge in [-0.05, 0) is 23.3 Å². The largest absolute Gasteiger partial charge is 0.489 e. The molecule has 0 aliphatic carbocycles. The average Bonchev–Trinajstić information content (AvgIpc) is 2.46. The van der Waals surface area contributed by atoms with Crippen LogP contribution in [0.15, 0.2) is 54.6 Å². The van der Waals surface area contributed by atoms with E-state index in [1.165, 1.54) is 0 Å². The molecule has 0 aliphatic rings. The number of aliphatic carboxylic acids is 1. The Hall–Kier alpha value is -2.33. The fourth-order valence-corrected chi connectivity index (χ4v) is 1.80. The van der Waals surface area contributed by atoms with Gasteiger partial charge in [-0.15, -0.1) is 0 Å². The molecule has 0 saturated heterocycles. The van der Waals surface area contributed by atoms with Crippen LogP contribution in [0.4, 0.5) is 0 Å². The van der Waals surface area contributed by atoms with Crippen molar-refractivity contribution in [1.29, 1.82) is 0 Å². The lowest BCUT2D eigenvalue weighted by Crippen LogP contribution is -2.21. The van der Waals surface area contributed by atoms with Crippen molar-refractivity contribution in [3.63, 3.8) is 0 Å². The number of hydrogen-bond donors (Lipinski definition) is 2. The van der Waals surface area contributed by atoms with Gasteiger partial charge in [-0.3, -0.25) is 4.79 Å². The first-order valence-corrected chi connectivity index (χ1v) is 6.42. The molecule has 2 rings (SSSR count). The van der Waals surface area contributed by atoms with Crippen LogP contribution < -0.4 is 10.1 Å². The first-order valence-electron chi connectivity index (χ1n) is 6.42. The van der Waals surface area contributed by atoms with Gasteiger partial charge in [0, 0.05) is 6.54 Å². The molecule has 0 bridgehead atoms. The lowest BCUT2D eigenvalue weighted by molar-refractivity contribution is -0.135. The third-order valence-corrected chi connectivity index (χ3v) is 2.75. The zero-order chi connectivity index (χ0) is 14.2. The Morgan fingerprint density at radius 3 is 2.55 bits per heavy atom. The summed E-state index contributed by atoms with van der Waals surface area (Å²) < 4.78 is 5.72. The van der Waals surface area contributed by atoms with Crippen LogP contribution in [0.25, 0.3) is 0 Å². The van der Waals surface area contributed by atoms with Gasteiger partial charge in [0.25, 0.3) is 0 Å². The van der Waals surface area contributed by atoms with E-state index in [0.717, 1.165) is 16.9 Å². The molecule has 0 radical (unpaired) electrons. The van der Waals surface area contributed by atoms with Crippen molar-refractivity contribution in [2.45, 2.75) is 13.2 Å². The maximum Gasteiger partial charge on any atom is 0.317 e. The predicted molar refractivity (Wildman–Crippen MR) is 76.6 cm³/mol. The van der Waals surface area contributed by atoms with E-state index in [0.29, 0.717) is 13.2 Å². The molecule has 0 aliphatic heterocycles. The second kappa shape index (κ2) is 7.31. The topological polar surface area (TPSA) is 58.6 Å². The van der Waals surface area contributed by atoms with Gasteiger partial charge in [-0.1, -0.05) is 42.5 Å². The summed E-state index contributed by atoms with van der Waals surface area (Å²) in [6.07, 6.45) is 0. The van der Waals surface area contributed by atoms with Gasteiger partial charge in [0.1, 0.15) is 12.4 Å². The smallest absolute Gasteiger partial charge is 0.317 e. The summed E-state index contributed by atoms with van der Waals surface area (Å²) in [6, 6.07) is 17.6. The summed E-state index contributed by atoms with van der Waals surface area (Å²) in [4.78, 5) is 10.4. The van der Waals surface area contributed by atoms with E-state index in [9.17, 15) is 4.79 Å². The molecule has 0 aromatic heterocycles. The van der Waals surface area contributed by atoms with Crippen molar-refractivity contribution in [3.8, 4) is 5.75 Å². The standard InChI is InChI=1S/C16H17NO3/c18-16(19)11-17-10-14-7-4-8-15(9-14)20-12-13-5-2-1-3-6-13/h1-9,17H,10-12H2,(H,18,19). The van der Waals surface area contributed by atoms with Crippen molar-refractivity contribution in [1.82, 2.24) is 5.32 Å². The molecule has 0 unspecified atom stereocenters. The SMILES string of the molecule is O=C(O)CNCc1cccc(OCc2ccccc2)c1. The normalized spacial score (nSPS) is 10.2. The average molecular weight is 271 g/mol. The third-order valence-electron chi connectivity index (χ3n) is 2.75. The lowest BCUT2D eigenvalue weighted by atomic mass is 10.2. The molecule has 4 heteroatoms. The van der Waals surface area contributed by atoms with E-state index in [4.69, 9.17) is 9.84 Å². The van der Waals surface area contributed by atoms with E-state index in [1.54, 1.807) is 0 Å². The van der Waals surface area contributed by atoms with E-state index >= 15 is 0 Å². The molecule has 0 spiro atoms. The molecule has 0 saturated carbocycles. The summed E-state index contributed by atoms with van der Waals surface area (Å²) >= 11 is 0. The number of ether oxygens (including phenoxy) is 1. The maximum absolute atomic E-state index is 10.4. The molecule has 20 heavy (non-hydrogen) atoms. The highest BCUT2D eigenvalue weighted by atomic mass is 16.5. The molecule has 0 fully saturated rings. The first kappa shape index (κ1) is 14.1. The van der Waals surface area contributed by atoms with Crippen LogP contribution in [0.1, 0.15) is 11.1 Å². The number of hydrogen-bond acceptors (Lipinski definition) is 3. The van der Waals surface area contributed by atoms with Crippen molar-refractivity contribution < 1.29 is 14.6 Å². The molecule has 2 N–H and O–H groups in total. The van der Waals surface area contributed by atoms with Crippen molar-refractivity contribution in [2.24, 2.45) is 0 Å². The fourth-order valence-electron chi connectivity index (χ4n) is 1.80. The highest BCUT2D eigenvalue weighted by Gasteiger charge is 2.00. The molecule has 0 amide bonds. The van der Waals surface area contributed by atoms with Crippen LogP contribution in [-0.4, -0.2) is 17.6 Å². The Labute approximate surface area is 118 Å². The highest BCUT2D eigenvalue weighted by Crippen LogP contribution is 2.15. The van der Waals surface area contributed by atoms with E-state index in [1.807, 2.05) is 54.6 Å². The molecule has 2 aromatic carbocycles. The minimum Gasteiger partial charge on any atom is -0.489 e. The van der Waals surface area contributed by atoms with Crippen molar-refractivity contribution in [3.05, 3.63) is 65.7 Å². The van der Waals surface area contributed by atoms with Gasteiger partial charge in [0.15, 0.2) is 0 Å². The Morgan fingerprint density at radius 1 is 1.05 bits per heavy atom. The van der Waals surface area contributed by atoms with Gasteiger partial charge in [0.2, 0.25) is 0 Å². The van der Waals surface area contributed by atoms with E-state index < -0.39 is 5.97 Å². The molecule has 0 atom stereocenters. The van der Waals surface area contributed by atoms with Gasteiger partial charge >= 0.3 is 5.97 Å². The Kier molecular flexibility index (Phi) is 5.15. The number of rotatable bonds is 7. The molecule has 0 heterocycles. The highest BCUT2D eigenvalue weighted by molar-refractivity contribution is 5.68. The monoisotopic (exact) mass is 271 g/mol. The minimum absolute atomic E-state index is 0.0465. The van der Waals surface area contributed by atoms with Crippen molar-refractivity contribution in [2.75, 3.05) is 6.54 Å². The summed E-state index contributed by atoms with van der Waals surface area (Å²) in [5.41, 5.74) is 2.11. The Bertz CT molecular complexity index is 555. The van der Waals surface area contributed by atoms with Crippen LogP contribution >= 0.6 is 0 Å². The Balaban J connectivity index is 1.87. The van der Waals surface area contributed by atoms with Crippen LogP contribution in [0, 0.1) is 0 Å². The molecule has 2 aromatic rings. The molecule has 4 nitrogen and oxygen atoms in total. The summed E-state index contributed by atoms with van der Waals surface area (Å²) in [5, 5.41) is 11.4. The van der Waals surface area contributed by atoms with Crippen LogP contribution in [-0.2, 0) is 17.9 Å². The van der Waals surface area contributed by atoms with Gasteiger partial charge in [0.05, 0.1) is 6.54 Å². The number of nitrogens with one attached hydrogen (secondary N) is 1. The second-order valence-corrected chi connectivity index (χ2v) is 4.42. The van der Waals surface area contributed by atoms with Crippen LogP contribution in [0.3, 0.4) is 0 Å². The number of carbonyl (C=O) groups is 1. The number of carboxylic acids is 1. The van der Waals surface area contributed by atoms with Crippen LogP contribution in [0.5, 0.6) is 5.75 Å². The quantitative estimate of drug-likeness (QED) is 0.812. The predicted octanol–water partition coefficient (Wildman–Crippen LogP) is 2.44. The van der Waals surface area contributed by atoms with Gasteiger partial charge in [-0.25, -0.2) is 0 Å². The minimum atomic E-state index is -0.860. The Morgan fingerprint density at radius 2 is 1.80 bits per heavy atom. The zero-order valence-corrected chi connectivity index (χ0v) is 11.1. The van der Waals surface area contributed by atoms with Crippen LogP contribution in [0.2, 0.25) is 0 Å². The third kappa shape index (κ3) is 4.74. The van der Waals surface area contributed by atoms with E-state index in [2.05, 4.69) is 5.32 Å². The van der Waals surface area contributed by atoms with Gasteiger partial charge < -0.3 is 15.2 Å². The first-order chi connectivity index (χ1) is 9.74. The van der Waals surface area contributed by atoms with E-state index in [-0.39, 0.29) is 6.54 Å². The second-order valence-electron chi connectivity index (χ2n) is 4.42. The molecule has 104 valence electrons. The fraction of sp³-hybridized carbons (Fsp3) is 0.188. The lowest BCUT2D eigenvalue weighted by Gasteiger charge is -2.08. The summed E-state index contributed by atoms with van der Waals surface area (Å²) in [6.45, 7) is 0.983. The van der Waals surface area contributed by atoms with Crippen molar-refractivity contribution >= 4 is 5.97 Å². The van der Waals surface area contributed by atoms with Gasteiger partial charge in [-0.2, -0.15) is 0 Å². The maximum atomic E-state index is 10.4. The zero-order valence-electron chi connectivity index (χ0n) is 11.1. The molecular formula is C16H17NO3. The summed E-state index contributed by atoms with van der Waals surface area (Å²) in [5.74, 6) is -0.0787. The number of benzene rings is 2. The summed E-state index contributed by atoms with van der Waals surface area (Å²) in [7, 11) is 0. The number of carboxylic acid groups (broad SMARTS) is 1. The molecular weight excluding hydrogens is 254 g/mol.